The lowest BCUT2D eigenvalue weighted by molar-refractivity contribution is -0.0706. The summed E-state index contributed by atoms with van der Waals surface area (Å²) in [6.45, 7) is 12.4. The summed E-state index contributed by atoms with van der Waals surface area (Å²) in [5.41, 5.74) is 2.06. The summed E-state index contributed by atoms with van der Waals surface area (Å²) in [5, 5.41) is 10.5. The van der Waals surface area contributed by atoms with Crippen LogP contribution in [0.15, 0.2) is 23.8 Å². The minimum atomic E-state index is -0.274. The van der Waals surface area contributed by atoms with Crippen molar-refractivity contribution in [3.05, 3.63) is 23.8 Å². The Labute approximate surface area is 197 Å². The van der Waals surface area contributed by atoms with Crippen molar-refractivity contribution in [3.63, 3.8) is 0 Å². The summed E-state index contributed by atoms with van der Waals surface area (Å²) in [7, 11) is 0. The fourth-order valence-corrected chi connectivity index (χ4v) is 9.25. The van der Waals surface area contributed by atoms with Gasteiger partial charge in [-0.05, 0) is 103 Å². The van der Waals surface area contributed by atoms with Crippen LogP contribution < -0.4 is 0 Å². The van der Waals surface area contributed by atoms with Gasteiger partial charge in [-0.15, -0.1) is 0 Å². The van der Waals surface area contributed by atoms with Gasteiger partial charge in [0.25, 0.3) is 0 Å². The molecule has 1 radical (unpaired) electrons. The van der Waals surface area contributed by atoms with Crippen molar-refractivity contribution in [2.45, 2.75) is 105 Å². The second-order valence-electron chi connectivity index (χ2n) is 12.8. The largest absolute Gasteiger partial charge is 0.393 e. The molecule has 2 nitrogen and oxygen atoms in total. The average Bonchev–Trinajstić information content (AvgIpc) is 3.09. The van der Waals surface area contributed by atoms with Crippen LogP contribution in [0.4, 0.5) is 0 Å². The Morgan fingerprint density at radius 3 is 2.66 bits per heavy atom. The summed E-state index contributed by atoms with van der Waals surface area (Å²) in [6.07, 6.45) is 20.3. The number of rotatable bonds is 7. The number of carbonyl (C=O) groups excluding carboxylic acids is 1. The van der Waals surface area contributed by atoms with Crippen molar-refractivity contribution in [3.8, 4) is 0 Å². The zero-order valence-corrected chi connectivity index (χ0v) is 21.3. The van der Waals surface area contributed by atoms with Gasteiger partial charge in [-0.3, -0.25) is 4.79 Å². The third-order valence-corrected chi connectivity index (χ3v) is 10.9. The Morgan fingerprint density at radius 2 is 1.94 bits per heavy atom. The molecule has 4 rings (SSSR count). The molecule has 0 aliphatic heterocycles. The molecular weight excluding hydrogens is 392 g/mol. The van der Waals surface area contributed by atoms with Crippen molar-refractivity contribution < 1.29 is 9.90 Å². The van der Waals surface area contributed by atoms with Crippen LogP contribution in [0.2, 0.25) is 0 Å². The Kier molecular flexibility index (Phi) is 7.12. The summed E-state index contributed by atoms with van der Waals surface area (Å²) >= 11 is 0. The Hall–Kier alpha value is -0.890. The lowest BCUT2D eigenvalue weighted by Gasteiger charge is -2.60. The molecule has 32 heavy (non-hydrogen) atoms. The van der Waals surface area contributed by atoms with E-state index < -0.39 is 0 Å². The van der Waals surface area contributed by atoms with Crippen LogP contribution in [0.3, 0.4) is 0 Å². The molecule has 3 fully saturated rings. The van der Waals surface area contributed by atoms with E-state index in [1.54, 1.807) is 6.08 Å². The van der Waals surface area contributed by atoms with Gasteiger partial charge in [0.15, 0.2) is 0 Å². The first-order chi connectivity index (χ1) is 15.2. The summed E-state index contributed by atoms with van der Waals surface area (Å²) < 4.78 is 0. The normalized spacial score (nSPS) is 44.7. The number of aliphatic hydroxyl groups is 1. The molecule has 0 aromatic heterocycles. The molecule has 2 heteroatoms. The molecule has 4 aliphatic carbocycles. The molecular formula is C30H47O2. The standard InChI is InChI=1S/C30H47O2/c1-20(2)8-6-9-21(3)26-13-14-27-25-12-11-23-19-24(32)18-22(10-7-17-31)30(23,5)28(25)15-16-29(26,27)4/h7,10-11,20-22,24-28,32H,6,8-9,12-16,18-19H2,1-5H3/t21-,22?,24+,25+,26-,27+,28+,29-,30+/m1/s1. The predicted octanol–water partition coefficient (Wildman–Crippen LogP) is 7.28. The van der Waals surface area contributed by atoms with Gasteiger partial charge in [0.05, 0.1) is 6.10 Å². The fourth-order valence-electron chi connectivity index (χ4n) is 9.25. The quantitative estimate of drug-likeness (QED) is 0.334. The monoisotopic (exact) mass is 439 g/mol. The molecule has 0 heterocycles. The lowest BCUT2D eigenvalue weighted by atomic mass is 9.44. The number of aliphatic hydroxyl groups excluding tert-OH is 1. The first-order valence-electron chi connectivity index (χ1n) is 13.6. The van der Waals surface area contributed by atoms with Gasteiger partial charge in [-0.2, -0.15) is 0 Å². The maximum Gasteiger partial charge on any atom is 0.225 e. The van der Waals surface area contributed by atoms with E-state index in [1.165, 1.54) is 56.9 Å². The molecule has 0 amide bonds. The number of fused-ring (bicyclic) bond motifs is 5. The molecule has 4 aliphatic rings. The topological polar surface area (TPSA) is 37.3 Å². The maximum atomic E-state index is 11.0. The molecule has 3 saturated carbocycles. The van der Waals surface area contributed by atoms with Crippen LogP contribution in [0.5, 0.6) is 0 Å². The van der Waals surface area contributed by atoms with Crippen LogP contribution >= 0.6 is 0 Å². The van der Waals surface area contributed by atoms with E-state index in [1.807, 2.05) is 6.29 Å². The summed E-state index contributed by atoms with van der Waals surface area (Å²) in [4.78, 5) is 11.0. The van der Waals surface area contributed by atoms with Crippen LogP contribution in [-0.2, 0) is 4.79 Å². The zero-order chi connectivity index (χ0) is 23.1. The molecule has 0 aromatic carbocycles. The Morgan fingerprint density at radius 1 is 1.16 bits per heavy atom. The SMILES string of the molecule is CC(C)CCC[C@@H](C)[C@H]1CC[C@H]2[C@@H]3CC=C4C[C@@H](O)CC(C=C[C]=O)[C@]4(C)[C@H]3CC[C@]12C. The summed E-state index contributed by atoms with van der Waals surface area (Å²) in [6, 6.07) is 0. The third-order valence-electron chi connectivity index (χ3n) is 10.9. The molecule has 0 bridgehead atoms. The predicted molar refractivity (Wildman–Crippen MR) is 133 cm³/mol. The number of allylic oxidation sites excluding steroid dienone is 3. The molecule has 9 atom stereocenters. The van der Waals surface area contributed by atoms with Crippen LogP contribution in [0.1, 0.15) is 98.8 Å². The van der Waals surface area contributed by atoms with E-state index in [0.29, 0.717) is 11.3 Å². The Bertz CT molecular complexity index is 735. The summed E-state index contributed by atoms with van der Waals surface area (Å²) in [5.74, 6) is 5.08. The average molecular weight is 440 g/mol. The molecule has 1 unspecified atom stereocenters. The Balaban J connectivity index is 1.56. The first kappa shape index (κ1) is 24.2. The van der Waals surface area contributed by atoms with Crippen LogP contribution in [-0.4, -0.2) is 17.5 Å². The van der Waals surface area contributed by atoms with Gasteiger partial charge in [0, 0.05) is 0 Å². The van der Waals surface area contributed by atoms with Crippen LogP contribution in [0.25, 0.3) is 0 Å². The molecule has 179 valence electrons. The highest BCUT2D eigenvalue weighted by atomic mass is 16.3. The van der Waals surface area contributed by atoms with Gasteiger partial charge in [0.2, 0.25) is 6.29 Å². The molecule has 0 saturated heterocycles. The minimum Gasteiger partial charge on any atom is -0.393 e. The van der Waals surface area contributed by atoms with Crippen molar-refractivity contribution in [1.82, 2.24) is 0 Å². The van der Waals surface area contributed by atoms with E-state index in [2.05, 4.69) is 46.8 Å². The smallest absolute Gasteiger partial charge is 0.225 e. The van der Waals surface area contributed by atoms with E-state index in [9.17, 15) is 9.90 Å². The van der Waals surface area contributed by atoms with Crippen molar-refractivity contribution in [1.29, 1.82) is 0 Å². The van der Waals surface area contributed by atoms with Gasteiger partial charge in [0.1, 0.15) is 0 Å². The minimum absolute atomic E-state index is 0.0950. The van der Waals surface area contributed by atoms with Gasteiger partial charge >= 0.3 is 0 Å². The highest BCUT2D eigenvalue weighted by molar-refractivity contribution is 5.65. The first-order valence-corrected chi connectivity index (χ1v) is 13.6. The van der Waals surface area contributed by atoms with E-state index >= 15 is 0 Å². The fraction of sp³-hybridized carbons (Fsp3) is 0.833. The van der Waals surface area contributed by atoms with Crippen molar-refractivity contribution in [2.75, 3.05) is 0 Å². The maximum absolute atomic E-state index is 11.0. The molecule has 0 aromatic rings. The highest BCUT2D eigenvalue weighted by Gasteiger charge is 2.60. The third kappa shape index (κ3) is 4.08. The van der Waals surface area contributed by atoms with Gasteiger partial charge in [-0.1, -0.05) is 71.6 Å². The van der Waals surface area contributed by atoms with Crippen molar-refractivity contribution >= 4 is 6.29 Å². The lowest BCUT2D eigenvalue weighted by Crippen LogP contribution is -2.53. The number of hydrogen-bond acceptors (Lipinski definition) is 2. The second kappa shape index (κ2) is 9.40. The molecule has 0 spiro atoms. The van der Waals surface area contributed by atoms with Crippen molar-refractivity contribution in [2.24, 2.45) is 52.3 Å². The van der Waals surface area contributed by atoms with E-state index in [-0.39, 0.29) is 17.4 Å². The van der Waals surface area contributed by atoms with Crippen LogP contribution in [0, 0.1) is 52.3 Å². The number of hydrogen-bond donors (Lipinski definition) is 1. The highest BCUT2D eigenvalue weighted by Crippen LogP contribution is 2.68. The van der Waals surface area contributed by atoms with E-state index in [0.717, 1.165) is 42.4 Å². The second-order valence-corrected chi connectivity index (χ2v) is 12.8. The zero-order valence-electron chi connectivity index (χ0n) is 21.3. The van der Waals surface area contributed by atoms with Gasteiger partial charge < -0.3 is 5.11 Å². The molecule has 1 N–H and O–H groups in total. The van der Waals surface area contributed by atoms with E-state index in [4.69, 9.17) is 0 Å². The van der Waals surface area contributed by atoms with Gasteiger partial charge in [-0.25, -0.2) is 0 Å².